The van der Waals surface area contributed by atoms with Crippen LogP contribution in [0.3, 0.4) is 0 Å². The van der Waals surface area contributed by atoms with E-state index in [0.29, 0.717) is 5.56 Å². The Morgan fingerprint density at radius 2 is 2.00 bits per heavy atom. The number of carbonyl (C=O) groups excluding carboxylic acids is 1. The van der Waals surface area contributed by atoms with Crippen molar-refractivity contribution in [3.8, 4) is 0 Å². The highest BCUT2D eigenvalue weighted by atomic mass is 79.9. The fourth-order valence-corrected chi connectivity index (χ4v) is 1.94. The molecular formula is C15H13BrFN3O. The maximum absolute atomic E-state index is 13.4. The summed E-state index contributed by atoms with van der Waals surface area (Å²) in [5.74, 6) is -0.718. The molecule has 0 heterocycles. The van der Waals surface area contributed by atoms with Crippen LogP contribution < -0.4 is 10.7 Å². The van der Waals surface area contributed by atoms with Crippen LogP contribution in [0.1, 0.15) is 5.56 Å². The van der Waals surface area contributed by atoms with Crippen LogP contribution in [0.2, 0.25) is 0 Å². The van der Waals surface area contributed by atoms with Crippen molar-refractivity contribution in [2.75, 3.05) is 11.9 Å². The highest BCUT2D eigenvalue weighted by Crippen LogP contribution is 2.13. The SMILES string of the molecule is O=C(CNc1ccccc1)N/N=C\c1cc(Br)ccc1F. The second kappa shape index (κ2) is 7.54. The molecular weight excluding hydrogens is 337 g/mol. The zero-order chi connectivity index (χ0) is 15.1. The highest BCUT2D eigenvalue weighted by Gasteiger charge is 2.01. The Balaban J connectivity index is 1.83. The number of para-hydroxylation sites is 1. The number of hydrogen-bond donors (Lipinski definition) is 2. The van der Waals surface area contributed by atoms with Crippen LogP contribution in [0, 0.1) is 5.82 Å². The number of rotatable bonds is 5. The molecule has 4 nitrogen and oxygen atoms in total. The van der Waals surface area contributed by atoms with Crippen LogP contribution in [-0.4, -0.2) is 18.7 Å². The fourth-order valence-electron chi connectivity index (χ4n) is 1.57. The van der Waals surface area contributed by atoms with Gasteiger partial charge in [0, 0.05) is 15.7 Å². The number of nitrogens with zero attached hydrogens (tertiary/aromatic N) is 1. The van der Waals surface area contributed by atoms with Gasteiger partial charge < -0.3 is 5.32 Å². The minimum Gasteiger partial charge on any atom is -0.376 e. The van der Waals surface area contributed by atoms with E-state index in [1.807, 2.05) is 30.3 Å². The van der Waals surface area contributed by atoms with E-state index in [1.165, 1.54) is 12.3 Å². The highest BCUT2D eigenvalue weighted by molar-refractivity contribution is 9.10. The van der Waals surface area contributed by atoms with Gasteiger partial charge in [-0.25, -0.2) is 9.82 Å². The van der Waals surface area contributed by atoms with Crippen LogP contribution >= 0.6 is 15.9 Å². The molecule has 0 aliphatic heterocycles. The number of anilines is 1. The average Bonchev–Trinajstić information content (AvgIpc) is 2.50. The third kappa shape index (κ3) is 5.00. The molecule has 0 aliphatic rings. The van der Waals surface area contributed by atoms with E-state index >= 15 is 0 Å². The van der Waals surface area contributed by atoms with Gasteiger partial charge in [-0.15, -0.1) is 0 Å². The van der Waals surface area contributed by atoms with Gasteiger partial charge in [-0.1, -0.05) is 34.1 Å². The van der Waals surface area contributed by atoms with E-state index in [2.05, 4.69) is 31.8 Å². The first kappa shape index (κ1) is 15.2. The van der Waals surface area contributed by atoms with Gasteiger partial charge in [0.15, 0.2) is 0 Å². The van der Waals surface area contributed by atoms with E-state index in [9.17, 15) is 9.18 Å². The van der Waals surface area contributed by atoms with Gasteiger partial charge in [-0.3, -0.25) is 4.79 Å². The summed E-state index contributed by atoms with van der Waals surface area (Å²) >= 11 is 3.24. The number of benzene rings is 2. The number of carbonyl (C=O) groups is 1. The first-order chi connectivity index (χ1) is 10.1. The molecule has 0 saturated carbocycles. The minimum absolute atomic E-state index is 0.0856. The third-order valence-electron chi connectivity index (χ3n) is 2.58. The molecule has 0 bridgehead atoms. The first-order valence-corrected chi connectivity index (χ1v) is 7.00. The molecule has 0 saturated heterocycles. The second-order valence-electron chi connectivity index (χ2n) is 4.18. The van der Waals surface area contributed by atoms with Crippen molar-refractivity contribution in [1.29, 1.82) is 0 Å². The van der Waals surface area contributed by atoms with Crippen molar-refractivity contribution < 1.29 is 9.18 Å². The zero-order valence-corrected chi connectivity index (χ0v) is 12.6. The molecule has 0 radical (unpaired) electrons. The first-order valence-electron chi connectivity index (χ1n) is 6.21. The number of halogens is 2. The summed E-state index contributed by atoms with van der Waals surface area (Å²) in [5, 5.41) is 6.68. The van der Waals surface area contributed by atoms with Crippen molar-refractivity contribution in [2.24, 2.45) is 5.10 Å². The zero-order valence-electron chi connectivity index (χ0n) is 11.0. The Hall–Kier alpha value is -2.21. The monoisotopic (exact) mass is 349 g/mol. The lowest BCUT2D eigenvalue weighted by atomic mass is 10.2. The van der Waals surface area contributed by atoms with Crippen molar-refractivity contribution in [2.45, 2.75) is 0 Å². The lowest BCUT2D eigenvalue weighted by molar-refractivity contribution is -0.119. The Kier molecular flexibility index (Phi) is 5.45. The molecule has 2 rings (SSSR count). The molecule has 2 aromatic carbocycles. The Labute approximate surface area is 130 Å². The van der Waals surface area contributed by atoms with E-state index < -0.39 is 5.82 Å². The molecule has 0 fully saturated rings. The summed E-state index contributed by atoms with van der Waals surface area (Å²) in [7, 11) is 0. The molecule has 0 aromatic heterocycles. The van der Waals surface area contributed by atoms with Crippen LogP contribution in [-0.2, 0) is 4.79 Å². The number of amides is 1. The molecule has 2 N–H and O–H groups in total. The lowest BCUT2D eigenvalue weighted by Crippen LogP contribution is -2.25. The maximum Gasteiger partial charge on any atom is 0.259 e. The molecule has 0 spiro atoms. The fraction of sp³-hybridized carbons (Fsp3) is 0.0667. The molecule has 2 aromatic rings. The van der Waals surface area contributed by atoms with Crippen LogP contribution in [0.4, 0.5) is 10.1 Å². The summed E-state index contributed by atoms with van der Waals surface area (Å²) in [6.07, 6.45) is 1.26. The second-order valence-corrected chi connectivity index (χ2v) is 5.09. The lowest BCUT2D eigenvalue weighted by Gasteiger charge is -2.04. The van der Waals surface area contributed by atoms with Gasteiger partial charge >= 0.3 is 0 Å². The van der Waals surface area contributed by atoms with E-state index in [4.69, 9.17) is 0 Å². The molecule has 21 heavy (non-hydrogen) atoms. The summed E-state index contributed by atoms with van der Waals surface area (Å²) < 4.78 is 14.2. The Morgan fingerprint density at radius 1 is 1.24 bits per heavy atom. The van der Waals surface area contributed by atoms with E-state index in [-0.39, 0.29) is 12.5 Å². The number of nitrogens with one attached hydrogen (secondary N) is 2. The molecule has 1 amide bonds. The summed E-state index contributed by atoms with van der Waals surface area (Å²) in [6.45, 7) is 0.0856. The third-order valence-corrected chi connectivity index (χ3v) is 3.07. The van der Waals surface area contributed by atoms with Crippen LogP contribution in [0.25, 0.3) is 0 Å². The van der Waals surface area contributed by atoms with Crippen LogP contribution in [0.15, 0.2) is 58.1 Å². The average molecular weight is 350 g/mol. The van der Waals surface area contributed by atoms with Gasteiger partial charge in [0.05, 0.1) is 12.8 Å². The standard InChI is InChI=1S/C15H13BrFN3O/c16-12-6-7-14(17)11(8-12)9-19-20-15(21)10-18-13-4-2-1-3-5-13/h1-9,18H,10H2,(H,20,21)/b19-9-. The number of hydrazone groups is 1. The van der Waals surface area contributed by atoms with Crippen molar-refractivity contribution in [3.63, 3.8) is 0 Å². The summed E-state index contributed by atoms with van der Waals surface area (Å²) in [4.78, 5) is 11.6. The molecule has 0 aliphatic carbocycles. The van der Waals surface area contributed by atoms with Gasteiger partial charge in [0.2, 0.25) is 0 Å². The number of hydrogen-bond acceptors (Lipinski definition) is 3. The molecule has 108 valence electrons. The van der Waals surface area contributed by atoms with E-state index in [1.54, 1.807) is 12.1 Å². The van der Waals surface area contributed by atoms with E-state index in [0.717, 1.165) is 10.2 Å². The van der Waals surface area contributed by atoms with Gasteiger partial charge in [0.25, 0.3) is 5.91 Å². The largest absolute Gasteiger partial charge is 0.376 e. The summed E-state index contributed by atoms with van der Waals surface area (Å²) in [6, 6.07) is 13.8. The Bertz CT molecular complexity index is 647. The van der Waals surface area contributed by atoms with Gasteiger partial charge in [0.1, 0.15) is 5.82 Å². The maximum atomic E-state index is 13.4. The van der Waals surface area contributed by atoms with Gasteiger partial charge in [-0.05, 0) is 30.3 Å². The Morgan fingerprint density at radius 3 is 2.76 bits per heavy atom. The predicted molar refractivity (Wildman–Crippen MR) is 84.8 cm³/mol. The van der Waals surface area contributed by atoms with Crippen molar-refractivity contribution in [1.82, 2.24) is 5.43 Å². The normalized spacial score (nSPS) is 10.6. The molecule has 6 heteroatoms. The smallest absolute Gasteiger partial charge is 0.259 e. The minimum atomic E-state index is -0.404. The van der Waals surface area contributed by atoms with Crippen molar-refractivity contribution in [3.05, 3.63) is 64.4 Å². The molecule has 0 atom stereocenters. The molecule has 0 unspecified atom stereocenters. The predicted octanol–water partition coefficient (Wildman–Crippen LogP) is 3.15. The topological polar surface area (TPSA) is 53.5 Å². The van der Waals surface area contributed by atoms with Crippen LogP contribution in [0.5, 0.6) is 0 Å². The summed E-state index contributed by atoms with van der Waals surface area (Å²) in [5.41, 5.74) is 3.47. The van der Waals surface area contributed by atoms with Gasteiger partial charge in [-0.2, -0.15) is 5.10 Å². The quantitative estimate of drug-likeness (QED) is 0.643. The van der Waals surface area contributed by atoms with Crippen molar-refractivity contribution >= 4 is 33.7 Å².